The molecule has 2 aromatic rings. The Balaban J connectivity index is 1.93. The predicted octanol–water partition coefficient (Wildman–Crippen LogP) is 2.26. The molecule has 0 saturated heterocycles. The van der Waals surface area contributed by atoms with Gasteiger partial charge in [-0.25, -0.2) is 17.5 Å². The Morgan fingerprint density at radius 3 is 2.77 bits per heavy atom. The van der Waals surface area contributed by atoms with Gasteiger partial charge in [-0.05, 0) is 36.1 Å². The van der Waals surface area contributed by atoms with E-state index in [2.05, 4.69) is 15.0 Å². The molecule has 6 nitrogen and oxygen atoms in total. The Labute approximate surface area is 157 Å². The topological polar surface area (TPSA) is 73.8 Å². The molecule has 1 aromatic carbocycles. The summed E-state index contributed by atoms with van der Waals surface area (Å²) in [6, 6.07) is 9.66. The van der Waals surface area contributed by atoms with Crippen LogP contribution in [0.15, 0.2) is 51.0 Å². The van der Waals surface area contributed by atoms with Crippen LogP contribution in [0.3, 0.4) is 0 Å². The van der Waals surface area contributed by atoms with Crippen LogP contribution in [0, 0.1) is 5.82 Å². The molecular formula is C17H23FN4O2S2. The van der Waals surface area contributed by atoms with Crippen LogP contribution in [0.1, 0.15) is 12.5 Å². The third kappa shape index (κ3) is 6.08. The maximum atomic E-state index is 13.3. The van der Waals surface area contributed by atoms with Crippen molar-refractivity contribution in [3.8, 4) is 0 Å². The van der Waals surface area contributed by atoms with Crippen molar-refractivity contribution >= 4 is 27.3 Å². The van der Waals surface area contributed by atoms with E-state index in [9.17, 15) is 12.8 Å². The third-order valence-electron chi connectivity index (χ3n) is 3.43. The van der Waals surface area contributed by atoms with E-state index in [1.54, 1.807) is 23.6 Å². The Kier molecular flexibility index (Phi) is 7.55. The summed E-state index contributed by atoms with van der Waals surface area (Å²) in [7, 11) is -1.63. The zero-order chi connectivity index (χ0) is 19.0. The normalized spacial score (nSPS) is 12.2. The van der Waals surface area contributed by atoms with E-state index in [1.807, 2.05) is 24.9 Å². The van der Waals surface area contributed by atoms with E-state index >= 15 is 0 Å². The Bertz CT molecular complexity index is 823. The van der Waals surface area contributed by atoms with Crippen molar-refractivity contribution in [1.82, 2.24) is 14.9 Å². The van der Waals surface area contributed by atoms with Crippen LogP contribution >= 0.6 is 11.3 Å². The summed E-state index contributed by atoms with van der Waals surface area (Å²) in [6.45, 7) is 3.60. The number of hydrogen-bond donors (Lipinski definition) is 2. The van der Waals surface area contributed by atoms with E-state index in [1.165, 1.54) is 23.5 Å². The zero-order valence-electron chi connectivity index (χ0n) is 14.8. The number of guanidine groups is 1. The first kappa shape index (κ1) is 20.3. The molecule has 0 bridgehead atoms. The van der Waals surface area contributed by atoms with Crippen molar-refractivity contribution in [1.29, 1.82) is 0 Å². The van der Waals surface area contributed by atoms with Crippen LogP contribution in [0.4, 0.5) is 4.39 Å². The highest BCUT2D eigenvalue weighted by atomic mass is 32.2. The maximum absolute atomic E-state index is 13.3. The van der Waals surface area contributed by atoms with Crippen molar-refractivity contribution in [3.63, 3.8) is 0 Å². The molecule has 2 rings (SSSR count). The van der Waals surface area contributed by atoms with Gasteiger partial charge in [-0.3, -0.25) is 4.99 Å². The average Bonchev–Trinajstić information content (AvgIpc) is 3.13. The first-order valence-electron chi connectivity index (χ1n) is 8.19. The third-order valence-corrected chi connectivity index (χ3v) is 6.29. The lowest BCUT2D eigenvalue weighted by Gasteiger charge is -2.22. The first-order valence-corrected chi connectivity index (χ1v) is 10.6. The van der Waals surface area contributed by atoms with Crippen molar-refractivity contribution in [2.45, 2.75) is 17.7 Å². The zero-order valence-corrected chi connectivity index (χ0v) is 16.4. The van der Waals surface area contributed by atoms with E-state index < -0.39 is 10.0 Å². The number of sulfonamides is 1. The molecule has 0 amide bonds. The molecule has 2 N–H and O–H groups in total. The minimum atomic E-state index is -3.48. The smallest absolute Gasteiger partial charge is 0.250 e. The lowest BCUT2D eigenvalue weighted by molar-refractivity contribution is 0.475. The fourth-order valence-electron chi connectivity index (χ4n) is 2.28. The van der Waals surface area contributed by atoms with Gasteiger partial charge in [-0.15, -0.1) is 11.3 Å². The maximum Gasteiger partial charge on any atom is 0.250 e. The van der Waals surface area contributed by atoms with Gasteiger partial charge < -0.3 is 10.2 Å². The lowest BCUT2D eigenvalue weighted by Crippen LogP contribution is -2.39. The van der Waals surface area contributed by atoms with Gasteiger partial charge in [0.2, 0.25) is 10.0 Å². The van der Waals surface area contributed by atoms with Crippen molar-refractivity contribution in [3.05, 3.63) is 53.2 Å². The second-order valence-electron chi connectivity index (χ2n) is 5.55. The van der Waals surface area contributed by atoms with E-state index in [-0.39, 0.29) is 16.6 Å². The number of aliphatic imine (C=N–C) groups is 1. The minimum absolute atomic E-state index is 0.197. The van der Waals surface area contributed by atoms with Gasteiger partial charge in [0.25, 0.3) is 0 Å². The van der Waals surface area contributed by atoms with E-state index in [4.69, 9.17) is 0 Å². The van der Waals surface area contributed by atoms with Gasteiger partial charge >= 0.3 is 0 Å². The molecule has 26 heavy (non-hydrogen) atoms. The molecule has 0 saturated carbocycles. The SMILES string of the molecule is CCNC(=NCCNS(=O)(=O)c1cccs1)N(C)Cc1cccc(F)c1. The Morgan fingerprint density at radius 2 is 2.12 bits per heavy atom. The van der Waals surface area contributed by atoms with Crippen LogP contribution in [0.2, 0.25) is 0 Å². The van der Waals surface area contributed by atoms with Gasteiger partial charge in [-0.2, -0.15) is 0 Å². The second kappa shape index (κ2) is 9.65. The van der Waals surface area contributed by atoms with Crippen LogP contribution in [0.5, 0.6) is 0 Å². The number of nitrogens with one attached hydrogen (secondary N) is 2. The lowest BCUT2D eigenvalue weighted by atomic mass is 10.2. The number of hydrogen-bond acceptors (Lipinski definition) is 4. The predicted molar refractivity (Wildman–Crippen MR) is 103 cm³/mol. The molecule has 0 aliphatic carbocycles. The molecular weight excluding hydrogens is 375 g/mol. The highest BCUT2D eigenvalue weighted by Crippen LogP contribution is 2.14. The van der Waals surface area contributed by atoms with Crippen molar-refractivity contribution < 1.29 is 12.8 Å². The summed E-state index contributed by atoms with van der Waals surface area (Å²) in [5.41, 5.74) is 0.830. The van der Waals surface area contributed by atoms with Gasteiger partial charge in [0.05, 0.1) is 6.54 Å². The van der Waals surface area contributed by atoms with Gasteiger partial charge in [0.1, 0.15) is 10.0 Å². The number of benzene rings is 1. The molecule has 1 aromatic heterocycles. The molecule has 0 unspecified atom stereocenters. The molecule has 142 valence electrons. The van der Waals surface area contributed by atoms with Crippen LogP contribution in [-0.2, 0) is 16.6 Å². The van der Waals surface area contributed by atoms with Crippen LogP contribution in [0.25, 0.3) is 0 Å². The van der Waals surface area contributed by atoms with E-state index in [0.29, 0.717) is 25.6 Å². The molecule has 1 heterocycles. The molecule has 0 aliphatic rings. The van der Waals surface area contributed by atoms with Crippen molar-refractivity contribution in [2.75, 3.05) is 26.7 Å². The van der Waals surface area contributed by atoms with Crippen LogP contribution in [-0.4, -0.2) is 46.0 Å². The number of nitrogens with zero attached hydrogens (tertiary/aromatic N) is 2. The summed E-state index contributed by atoms with van der Waals surface area (Å²) in [5, 5.41) is 4.87. The first-order chi connectivity index (χ1) is 12.4. The highest BCUT2D eigenvalue weighted by molar-refractivity contribution is 7.91. The Morgan fingerprint density at radius 1 is 1.31 bits per heavy atom. The minimum Gasteiger partial charge on any atom is -0.357 e. The standard InChI is InChI=1S/C17H23FN4O2S2/c1-3-19-17(22(2)13-14-6-4-7-15(18)12-14)20-9-10-21-26(23,24)16-8-5-11-25-16/h4-8,11-12,21H,3,9-10,13H2,1-2H3,(H,19,20). The number of rotatable bonds is 8. The molecule has 0 radical (unpaired) electrons. The molecule has 0 aliphatic heterocycles. The van der Waals surface area contributed by atoms with Crippen molar-refractivity contribution in [2.24, 2.45) is 4.99 Å². The largest absolute Gasteiger partial charge is 0.357 e. The molecule has 0 spiro atoms. The van der Waals surface area contributed by atoms with Gasteiger partial charge in [0.15, 0.2) is 5.96 Å². The second-order valence-corrected chi connectivity index (χ2v) is 8.49. The number of thiophene rings is 1. The molecule has 0 atom stereocenters. The highest BCUT2D eigenvalue weighted by Gasteiger charge is 2.14. The monoisotopic (exact) mass is 398 g/mol. The summed E-state index contributed by atoms with van der Waals surface area (Å²) >= 11 is 1.17. The average molecular weight is 399 g/mol. The summed E-state index contributed by atoms with van der Waals surface area (Å²) in [4.78, 5) is 6.30. The summed E-state index contributed by atoms with van der Waals surface area (Å²) in [6.07, 6.45) is 0. The van der Waals surface area contributed by atoms with Gasteiger partial charge in [0, 0.05) is 26.7 Å². The number of halogens is 1. The fourth-order valence-corrected chi connectivity index (χ4v) is 4.34. The fraction of sp³-hybridized carbons (Fsp3) is 0.353. The molecule has 9 heteroatoms. The quantitative estimate of drug-likeness (QED) is 0.406. The van der Waals surface area contributed by atoms with Gasteiger partial charge in [-0.1, -0.05) is 18.2 Å². The molecule has 0 fully saturated rings. The van der Waals surface area contributed by atoms with E-state index in [0.717, 1.165) is 5.56 Å². The van der Waals surface area contributed by atoms with Crippen LogP contribution < -0.4 is 10.0 Å². The summed E-state index contributed by atoms with van der Waals surface area (Å²) in [5.74, 6) is 0.355. The summed E-state index contributed by atoms with van der Waals surface area (Å²) < 4.78 is 40.3. The Hall–Kier alpha value is -1.97.